The fourth-order valence-corrected chi connectivity index (χ4v) is 3.15. The number of hydrogen-bond donors (Lipinski definition) is 1. The largest absolute Gasteiger partial charge is 0.393 e. The Morgan fingerprint density at radius 3 is 1.40 bits per heavy atom. The SMILES string of the molecule is C[C@H](O)CCOC(c1ccccc1)(c1ccccc1)c1ccccc1. The zero-order valence-electron chi connectivity index (χ0n) is 14.5. The highest BCUT2D eigenvalue weighted by atomic mass is 16.5. The Labute approximate surface area is 149 Å². The Morgan fingerprint density at radius 1 is 0.720 bits per heavy atom. The minimum Gasteiger partial charge on any atom is -0.393 e. The second-order valence-electron chi connectivity index (χ2n) is 6.27. The molecule has 25 heavy (non-hydrogen) atoms. The van der Waals surface area contributed by atoms with Gasteiger partial charge in [0.15, 0.2) is 0 Å². The lowest BCUT2D eigenvalue weighted by Gasteiger charge is -2.36. The van der Waals surface area contributed by atoms with Crippen LogP contribution in [-0.4, -0.2) is 17.8 Å². The highest BCUT2D eigenvalue weighted by molar-refractivity contribution is 5.47. The highest BCUT2D eigenvalue weighted by Crippen LogP contribution is 2.40. The van der Waals surface area contributed by atoms with Crippen molar-refractivity contribution >= 4 is 0 Å². The van der Waals surface area contributed by atoms with Crippen molar-refractivity contribution < 1.29 is 9.84 Å². The monoisotopic (exact) mass is 332 g/mol. The van der Waals surface area contributed by atoms with Gasteiger partial charge in [0.2, 0.25) is 0 Å². The molecule has 2 heteroatoms. The van der Waals surface area contributed by atoms with Crippen LogP contribution in [0.2, 0.25) is 0 Å². The molecule has 0 saturated carbocycles. The minimum absolute atomic E-state index is 0.389. The molecule has 128 valence electrons. The highest BCUT2D eigenvalue weighted by Gasteiger charge is 2.37. The first-order chi connectivity index (χ1) is 12.2. The summed E-state index contributed by atoms with van der Waals surface area (Å²) in [4.78, 5) is 0. The second kappa shape index (κ2) is 8.11. The van der Waals surface area contributed by atoms with Gasteiger partial charge in [-0.15, -0.1) is 0 Å². The van der Waals surface area contributed by atoms with Gasteiger partial charge < -0.3 is 9.84 Å². The van der Waals surface area contributed by atoms with E-state index in [9.17, 15) is 5.11 Å². The van der Waals surface area contributed by atoms with Crippen molar-refractivity contribution in [3.63, 3.8) is 0 Å². The molecule has 2 nitrogen and oxygen atoms in total. The summed E-state index contributed by atoms with van der Waals surface area (Å²) in [6, 6.07) is 30.9. The van der Waals surface area contributed by atoms with E-state index in [-0.39, 0.29) is 6.10 Å². The number of benzene rings is 3. The van der Waals surface area contributed by atoms with E-state index in [2.05, 4.69) is 36.4 Å². The molecule has 0 unspecified atom stereocenters. The van der Waals surface area contributed by atoms with Crippen LogP contribution in [0.3, 0.4) is 0 Å². The fraction of sp³-hybridized carbons (Fsp3) is 0.217. The molecule has 0 aliphatic rings. The third-order valence-corrected chi connectivity index (χ3v) is 4.40. The van der Waals surface area contributed by atoms with Crippen molar-refractivity contribution in [1.29, 1.82) is 0 Å². The van der Waals surface area contributed by atoms with Gasteiger partial charge in [-0.2, -0.15) is 0 Å². The van der Waals surface area contributed by atoms with E-state index in [0.717, 1.165) is 16.7 Å². The van der Waals surface area contributed by atoms with E-state index in [4.69, 9.17) is 4.74 Å². The zero-order valence-corrected chi connectivity index (χ0v) is 14.5. The second-order valence-corrected chi connectivity index (χ2v) is 6.27. The van der Waals surface area contributed by atoms with Gasteiger partial charge in [-0.25, -0.2) is 0 Å². The van der Waals surface area contributed by atoms with Crippen LogP contribution in [0.1, 0.15) is 30.0 Å². The quantitative estimate of drug-likeness (QED) is 0.632. The summed E-state index contributed by atoms with van der Waals surface area (Å²) in [5, 5.41) is 9.68. The molecule has 3 rings (SSSR count). The number of aliphatic hydroxyl groups excluding tert-OH is 1. The summed E-state index contributed by atoms with van der Waals surface area (Å²) in [5.41, 5.74) is 2.55. The lowest BCUT2D eigenvalue weighted by atomic mass is 9.80. The topological polar surface area (TPSA) is 29.5 Å². The molecule has 0 aliphatic carbocycles. The average Bonchev–Trinajstić information content (AvgIpc) is 2.67. The fourth-order valence-electron chi connectivity index (χ4n) is 3.15. The first-order valence-electron chi connectivity index (χ1n) is 8.72. The van der Waals surface area contributed by atoms with Crippen LogP contribution in [0, 0.1) is 0 Å². The first kappa shape index (κ1) is 17.4. The zero-order chi connectivity index (χ0) is 17.5. The minimum atomic E-state index is -0.696. The molecule has 0 aliphatic heterocycles. The smallest absolute Gasteiger partial charge is 0.143 e. The Balaban J connectivity index is 2.16. The Kier molecular flexibility index (Phi) is 5.64. The Morgan fingerprint density at radius 2 is 1.08 bits per heavy atom. The lowest BCUT2D eigenvalue weighted by Crippen LogP contribution is -2.33. The summed E-state index contributed by atoms with van der Waals surface area (Å²) in [6.07, 6.45) is 0.203. The molecule has 0 amide bonds. The van der Waals surface area contributed by atoms with Gasteiger partial charge in [-0.1, -0.05) is 91.0 Å². The van der Waals surface area contributed by atoms with Crippen molar-refractivity contribution in [1.82, 2.24) is 0 Å². The maximum Gasteiger partial charge on any atom is 0.143 e. The molecule has 0 aromatic heterocycles. The van der Waals surface area contributed by atoms with Gasteiger partial charge in [-0.3, -0.25) is 0 Å². The molecule has 3 aromatic carbocycles. The van der Waals surface area contributed by atoms with E-state index >= 15 is 0 Å². The van der Waals surface area contributed by atoms with Crippen LogP contribution < -0.4 is 0 Å². The van der Waals surface area contributed by atoms with Crippen LogP contribution in [0.25, 0.3) is 0 Å². The summed E-state index contributed by atoms with van der Waals surface area (Å²) < 4.78 is 6.54. The molecule has 0 heterocycles. The normalized spacial score (nSPS) is 12.7. The van der Waals surface area contributed by atoms with Crippen LogP contribution >= 0.6 is 0 Å². The van der Waals surface area contributed by atoms with Crippen molar-refractivity contribution in [3.8, 4) is 0 Å². The standard InChI is InChI=1S/C23H24O2/c1-19(24)17-18-25-23(20-11-5-2-6-12-20,21-13-7-3-8-14-21)22-15-9-4-10-16-22/h2-16,19,24H,17-18H2,1H3/t19-/m0/s1. The van der Waals surface area contributed by atoms with Crippen molar-refractivity contribution in [2.45, 2.75) is 25.0 Å². The summed E-state index contributed by atoms with van der Waals surface area (Å²) in [6.45, 7) is 2.26. The number of ether oxygens (including phenoxy) is 1. The van der Waals surface area contributed by atoms with E-state index in [1.807, 2.05) is 54.6 Å². The molecule has 0 bridgehead atoms. The lowest BCUT2D eigenvalue weighted by molar-refractivity contribution is -0.00298. The van der Waals surface area contributed by atoms with Gasteiger partial charge >= 0.3 is 0 Å². The van der Waals surface area contributed by atoms with Crippen molar-refractivity contribution in [2.75, 3.05) is 6.61 Å². The Bertz CT molecular complexity index is 655. The predicted octanol–water partition coefficient (Wildman–Crippen LogP) is 4.77. The maximum absolute atomic E-state index is 9.68. The molecule has 0 radical (unpaired) electrons. The summed E-state index contributed by atoms with van der Waals surface area (Å²) in [5.74, 6) is 0. The van der Waals surface area contributed by atoms with Gasteiger partial charge in [0.05, 0.1) is 12.7 Å². The van der Waals surface area contributed by atoms with E-state index in [1.54, 1.807) is 6.92 Å². The van der Waals surface area contributed by atoms with Crippen molar-refractivity contribution in [3.05, 3.63) is 108 Å². The third kappa shape index (κ3) is 3.81. The summed E-state index contributed by atoms with van der Waals surface area (Å²) >= 11 is 0. The molecule has 1 N–H and O–H groups in total. The van der Waals surface area contributed by atoms with E-state index < -0.39 is 5.60 Å². The van der Waals surface area contributed by atoms with Gasteiger partial charge in [0.1, 0.15) is 5.60 Å². The van der Waals surface area contributed by atoms with E-state index in [1.165, 1.54) is 0 Å². The first-order valence-corrected chi connectivity index (χ1v) is 8.72. The molecule has 3 aromatic rings. The van der Waals surface area contributed by atoms with Crippen LogP contribution in [0.4, 0.5) is 0 Å². The van der Waals surface area contributed by atoms with Crippen LogP contribution in [0.5, 0.6) is 0 Å². The Hall–Kier alpha value is -2.42. The van der Waals surface area contributed by atoms with Crippen LogP contribution in [0.15, 0.2) is 91.0 Å². The molecule has 0 saturated heterocycles. The predicted molar refractivity (Wildman–Crippen MR) is 101 cm³/mol. The maximum atomic E-state index is 9.68. The number of hydrogen-bond acceptors (Lipinski definition) is 2. The molecular formula is C23H24O2. The van der Waals surface area contributed by atoms with Crippen LogP contribution in [-0.2, 0) is 10.3 Å². The van der Waals surface area contributed by atoms with Gasteiger partial charge in [-0.05, 0) is 30.0 Å². The molecule has 0 fully saturated rings. The number of aliphatic hydroxyl groups is 1. The van der Waals surface area contributed by atoms with E-state index in [0.29, 0.717) is 13.0 Å². The third-order valence-electron chi connectivity index (χ3n) is 4.40. The van der Waals surface area contributed by atoms with Crippen molar-refractivity contribution in [2.24, 2.45) is 0 Å². The molecule has 0 spiro atoms. The summed E-state index contributed by atoms with van der Waals surface area (Å²) in [7, 11) is 0. The molecular weight excluding hydrogens is 308 g/mol. The molecule has 1 atom stereocenters. The van der Waals surface area contributed by atoms with Gasteiger partial charge in [0.25, 0.3) is 0 Å². The number of rotatable bonds is 7. The average molecular weight is 332 g/mol. The van der Waals surface area contributed by atoms with Gasteiger partial charge in [0, 0.05) is 0 Å².